The highest BCUT2D eigenvalue weighted by molar-refractivity contribution is 7.99. The lowest BCUT2D eigenvalue weighted by molar-refractivity contribution is -0.145. The molecule has 2 amide bonds. The van der Waals surface area contributed by atoms with E-state index in [0.717, 1.165) is 6.42 Å². The average Bonchev–Trinajstić information content (AvgIpc) is 2.92. The number of piperidine rings is 1. The van der Waals surface area contributed by atoms with E-state index in [4.69, 9.17) is 9.84 Å². The summed E-state index contributed by atoms with van der Waals surface area (Å²) in [6.07, 6.45) is 6.89. The molecule has 0 bridgehead atoms. The number of carbonyl (C=O) groups excluding carboxylic acids is 1. The van der Waals surface area contributed by atoms with Gasteiger partial charge in [0.2, 0.25) is 0 Å². The Kier molecular flexibility index (Phi) is 6.17. The first-order chi connectivity index (χ1) is 10.1. The summed E-state index contributed by atoms with van der Waals surface area (Å²) in [5.41, 5.74) is 0. The van der Waals surface area contributed by atoms with Gasteiger partial charge in [-0.2, -0.15) is 11.8 Å². The third-order valence-corrected chi connectivity index (χ3v) is 5.41. The van der Waals surface area contributed by atoms with E-state index in [2.05, 4.69) is 11.6 Å². The Balaban J connectivity index is 1.71. The van der Waals surface area contributed by atoms with Crippen LogP contribution in [0.4, 0.5) is 4.79 Å². The molecule has 0 aromatic carbocycles. The lowest BCUT2D eigenvalue weighted by atomic mass is 10.1. The van der Waals surface area contributed by atoms with Crippen molar-refractivity contribution in [1.82, 2.24) is 10.2 Å². The lowest BCUT2D eigenvalue weighted by Gasteiger charge is -2.33. The summed E-state index contributed by atoms with van der Waals surface area (Å²) in [5, 5.41) is 12.3. The highest BCUT2D eigenvalue weighted by Crippen LogP contribution is 2.28. The number of amides is 2. The Labute approximate surface area is 129 Å². The fourth-order valence-corrected chi connectivity index (χ4v) is 3.97. The van der Waals surface area contributed by atoms with Gasteiger partial charge in [0.05, 0.1) is 6.10 Å². The van der Waals surface area contributed by atoms with Crippen molar-refractivity contribution in [3.63, 3.8) is 0 Å². The maximum atomic E-state index is 12.3. The zero-order valence-corrected chi connectivity index (χ0v) is 13.2. The van der Waals surface area contributed by atoms with Crippen molar-refractivity contribution >= 4 is 23.8 Å². The highest BCUT2D eigenvalue weighted by Gasteiger charge is 2.30. The van der Waals surface area contributed by atoms with Crippen LogP contribution in [-0.4, -0.2) is 65.4 Å². The summed E-state index contributed by atoms with van der Waals surface area (Å²) >= 11 is 1.83. The minimum absolute atomic E-state index is 0.0117. The number of ether oxygens (including phenoxy) is 1. The second-order valence-corrected chi connectivity index (χ2v) is 6.73. The van der Waals surface area contributed by atoms with E-state index >= 15 is 0 Å². The van der Waals surface area contributed by atoms with Crippen LogP contribution in [-0.2, 0) is 9.53 Å². The minimum atomic E-state index is -0.945. The highest BCUT2D eigenvalue weighted by atomic mass is 32.2. The molecule has 0 aromatic heterocycles. The van der Waals surface area contributed by atoms with Crippen LogP contribution in [0.5, 0.6) is 0 Å². The van der Waals surface area contributed by atoms with Crippen molar-refractivity contribution in [1.29, 1.82) is 0 Å². The molecule has 120 valence electrons. The molecule has 0 radical (unpaired) electrons. The number of aliphatic carboxylic acids is 1. The number of thioether (sulfide) groups is 1. The molecule has 1 aliphatic heterocycles. The summed E-state index contributed by atoms with van der Waals surface area (Å²) in [7, 11) is 0. The summed E-state index contributed by atoms with van der Waals surface area (Å²) < 4.78 is 5.28. The molecular formula is C14H24N2O4S. The number of hydrogen-bond donors (Lipinski definition) is 2. The normalized spacial score (nSPS) is 26.8. The molecule has 0 aromatic rings. The summed E-state index contributed by atoms with van der Waals surface area (Å²) in [6, 6.07) is 0.297. The van der Waals surface area contributed by atoms with Gasteiger partial charge < -0.3 is 20.1 Å². The number of nitrogens with one attached hydrogen (secondary N) is 1. The van der Waals surface area contributed by atoms with Gasteiger partial charge in [0.15, 0.2) is 0 Å². The smallest absolute Gasteiger partial charge is 0.329 e. The van der Waals surface area contributed by atoms with E-state index in [-0.39, 0.29) is 24.8 Å². The van der Waals surface area contributed by atoms with Crippen molar-refractivity contribution < 1.29 is 19.4 Å². The quantitative estimate of drug-likeness (QED) is 0.804. The molecule has 2 rings (SSSR count). The molecular weight excluding hydrogens is 292 g/mol. The van der Waals surface area contributed by atoms with E-state index in [1.54, 1.807) is 0 Å². The maximum absolute atomic E-state index is 12.3. The van der Waals surface area contributed by atoms with Crippen molar-refractivity contribution in [3.8, 4) is 0 Å². The SMILES string of the molecule is CSC1CCCC1NC(=O)N1CCC(OCC(=O)O)CC1. The number of carboxylic acid groups (broad SMARTS) is 1. The lowest BCUT2D eigenvalue weighted by Crippen LogP contribution is -2.50. The topological polar surface area (TPSA) is 78.9 Å². The van der Waals surface area contributed by atoms with Gasteiger partial charge in [0, 0.05) is 24.4 Å². The Morgan fingerprint density at radius 3 is 2.62 bits per heavy atom. The van der Waals surface area contributed by atoms with Crippen LogP contribution in [0.1, 0.15) is 32.1 Å². The Morgan fingerprint density at radius 2 is 2.00 bits per heavy atom. The van der Waals surface area contributed by atoms with Crippen molar-refractivity contribution in [3.05, 3.63) is 0 Å². The molecule has 0 spiro atoms. The molecule has 2 N–H and O–H groups in total. The number of likely N-dealkylation sites (tertiary alicyclic amines) is 1. The summed E-state index contributed by atoms with van der Waals surface area (Å²) in [4.78, 5) is 24.5. The van der Waals surface area contributed by atoms with Crippen molar-refractivity contribution in [2.45, 2.75) is 49.5 Å². The molecule has 7 heteroatoms. The van der Waals surface area contributed by atoms with Gasteiger partial charge in [-0.05, 0) is 31.9 Å². The van der Waals surface area contributed by atoms with Gasteiger partial charge in [0.25, 0.3) is 0 Å². The average molecular weight is 316 g/mol. The molecule has 1 saturated carbocycles. The fourth-order valence-electron chi connectivity index (χ4n) is 3.04. The molecule has 1 heterocycles. The second kappa shape index (κ2) is 7.89. The van der Waals surface area contributed by atoms with E-state index in [1.807, 2.05) is 16.7 Å². The van der Waals surface area contributed by atoms with Crippen molar-refractivity contribution in [2.24, 2.45) is 0 Å². The van der Waals surface area contributed by atoms with E-state index in [1.165, 1.54) is 12.8 Å². The fraction of sp³-hybridized carbons (Fsp3) is 0.857. The number of rotatable bonds is 5. The Hall–Kier alpha value is -0.950. The minimum Gasteiger partial charge on any atom is -0.480 e. The van der Waals surface area contributed by atoms with Gasteiger partial charge in [0.1, 0.15) is 6.61 Å². The molecule has 2 unspecified atom stereocenters. The Bertz CT molecular complexity index is 372. The third-order valence-electron chi connectivity index (χ3n) is 4.24. The molecule has 6 nitrogen and oxygen atoms in total. The Morgan fingerprint density at radius 1 is 1.29 bits per heavy atom. The van der Waals surface area contributed by atoms with Gasteiger partial charge >= 0.3 is 12.0 Å². The molecule has 2 atom stereocenters. The van der Waals surface area contributed by atoms with Crippen LogP contribution < -0.4 is 5.32 Å². The van der Waals surface area contributed by atoms with E-state index in [9.17, 15) is 9.59 Å². The van der Waals surface area contributed by atoms with Gasteiger partial charge in [-0.15, -0.1) is 0 Å². The maximum Gasteiger partial charge on any atom is 0.329 e. The number of urea groups is 1. The predicted molar refractivity (Wildman–Crippen MR) is 81.7 cm³/mol. The first kappa shape index (κ1) is 16.4. The van der Waals surface area contributed by atoms with Crippen LogP contribution in [0.15, 0.2) is 0 Å². The standard InChI is InChI=1S/C14H24N2O4S/c1-21-12-4-2-3-11(12)15-14(19)16-7-5-10(6-8-16)20-9-13(17)18/h10-12H,2-9H2,1H3,(H,15,19)(H,17,18). The van der Waals surface area contributed by atoms with Crippen LogP contribution in [0.2, 0.25) is 0 Å². The second-order valence-electron chi connectivity index (χ2n) is 5.65. The number of hydrogen-bond acceptors (Lipinski definition) is 4. The van der Waals surface area contributed by atoms with Crippen LogP contribution >= 0.6 is 11.8 Å². The van der Waals surface area contributed by atoms with Gasteiger partial charge in [-0.25, -0.2) is 9.59 Å². The summed E-state index contributed by atoms with van der Waals surface area (Å²) in [5.74, 6) is -0.945. The zero-order chi connectivity index (χ0) is 15.2. The molecule has 1 saturated heterocycles. The van der Waals surface area contributed by atoms with E-state index < -0.39 is 5.97 Å². The van der Waals surface area contributed by atoms with Gasteiger partial charge in [-0.1, -0.05) is 6.42 Å². The first-order valence-electron chi connectivity index (χ1n) is 7.51. The number of carboxylic acids is 1. The zero-order valence-electron chi connectivity index (χ0n) is 12.4. The number of nitrogens with zero attached hydrogens (tertiary/aromatic N) is 1. The number of carbonyl (C=O) groups is 2. The van der Waals surface area contributed by atoms with E-state index in [0.29, 0.717) is 31.2 Å². The molecule has 2 aliphatic rings. The molecule has 21 heavy (non-hydrogen) atoms. The van der Waals surface area contributed by atoms with Crippen molar-refractivity contribution in [2.75, 3.05) is 26.0 Å². The van der Waals surface area contributed by atoms with Gasteiger partial charge in [-0.3, -0.25) is 0 Å². The summed E-state index contributed by atoms with van der Waals surface area (Å²) in [6.45, 7) is 1.01. The van der Waals surface area contributed by atoms with Crippen LogP contribution in [0, 0.1) is 0 Å². The van der Waals surface area contributed by atoms with Crippen LogP contribution in [0.3, 0.4) is 0 Å². The molecule has 1 aliphatic carbocycles. The molecule has 2 fully saturated rings. The van der Waals surface area contributed by atoms with Crippen LogP contribution in [0.25, 0.3) is 0 Å². The first-order valence-corrected chi connectivity index (χ1v) is 8.80. The predicted octanol–water partition coefficient (Wildman–Crippen LogP) is 1.55. The third kappa shape index (κ3) is 4.78. The largest absolute Gasteiger partial charge is 0.480 e. The monoisotopic (exact) mass is 316 g/mol.